The van der Waals surface area contributed by atoms with Crippen molar-refractivity contribution in [1.29, 1.82) is 0 Å². The summed E-state index contributed by atoms with van der Waals surface area (Å²) in [6, 6.07) is 4.93. The largest absolute Gasteiger partial charge is 0.504 e. The summed E-state index contributed by atoms with van der Waals surface area (Å²) >= 11 is 0. The van der Waals surface area contributed by atoms with Crippen molar-refractivity contribution in [2.45, 2.75) is 58.3 Å². The van der Waals surface area contributed by atoms with Crippen molar-refractivity contribution in [2.75, 3.05) is 19.8 Å². The number of ether oxygens (including phenoxy) is 2. The topological polar surface area (TPSA) is 89.1 Å². The van der Waals surface area contributed by atoms with Crippen LogP contribution in [0, 0.1) is 0 Å². The van der Waals surface area contributed by atoms with E-state index in [2.05, 4.69) is 6.92 Å². The predicted molar refractivity (Wildman–Crippen MR) is 105 cm³/mol. The number of aliphatic hydroxyl groups is 1. The van der Waals surface area contributed by atoms with Gasteiger partial charge >= 0.3 is 5.63 Å². The van der Waals surface area contributed by atoms with E-state index in [0.29, 0.717) is 30.8 Å². The van der Waals surface area contributed by atoms with E-state index in [9.17, 15) is 9.90 Å². The molecule has 6 nitrogen and oxygen atoms in total. The van der Waals surface area contributed by atoms with E-state index in [-0.39, 0.29) is 23.7 Å². The minimum atomic E-state index is -0.691. The van der Waals surface area contributed by atoms with Crippen molar-refractivity contribution in [1.82, 2.24) is 0 Å². The molecule has 0 amide bonds. The minimum Gasteiger partial charge on any atom is -0.504 e. The minimum absolute atomic E-state index is 0.130. The SMILES string of the molecule is CCCCCCCCOc1c(O)c2ccc(OCCCCO)cc2oc1=O. The highest BCUT2D eigenvalue weighted by Gasteiger charge is 2.16. The molecule has 0 fully saturated rings. The predicted octanol–water partition coefficient (Wildman–Crippen LogP) is 4.39. The fourth-order valence-corrected chi connectivity index (χ4v) is 2.83. The van der Waals surface area contributed by atoms with Gasteiger partial charge in [-0.2, -0.15) is 0 Å². The standard InChI is InChI=1S/C21H30O6/c1-2-3-4-5-6-8-14-26-20-19(23)17-11-10-16(25-13-9-7-12-22)15-18(17)27-21(20)24/h10-11,15,22-23H,2-9,12-14H2,1H3. The van der Waals surface area contributed by atoms with Gasteiger partial charge in [-0.05, 0) is 31.4 Å². The summed E-state index contributed by atoms with van der Waals surface area (Å²) < 4.78 is 16.3. The van der Waals surface area contributed by atoms with E-state index in [4.69, 9.17) is 19.0 Å². The molecule has 1 heterocycles. The Morgan fingerprint density at radius 3 is 2.44 bits per heavy atom. The number of benzene rings is 1. The van der Waals surface area contributed by atoms with Gasteiger partial charge in [0.15, 0.2) is 5.75 Å². The molecule has 0 bridgehead atoms. The first kappa shape index (κ1) is 21.1. The molecule has 0 aliphatic heterocycles. The number of aromatic hydroxyl groups is 1. The summed E-state index contributed by atoms with van der Waals surface area (Å²) in [4.78, 5) is 12.1. The van der Waals surface area contributed by atoms with Crippen LogP contribution in [0.1, 0.15) is 58.3 Å². The molecule has 0 aliphatic carbocycles. The van der Waals surface area contributed by atoms with Crippen LogP contribution in [0.5, 0.6) is 17.2 Å². The number of hydrogen-bond donors (Lipinski definition) is 2. The zero-order valence-electron chi connectivity index (χ0n) is 16.0. The smallest absolute Gasteiger partial charge is 0.383 e. The van der Waals surface area contributed by atoms with Crippen LogP contribution in [0.2, 0.25) is 0 Å². The van der Waals surface area contributed by atoms with Gasteiger partial charge in [0.1, 0.15) is 11.3 Å². The number of hydrogen-bond acceptors (Lipinski definition) is 6. The molecule has 2 aromatic rings. The summed E-state index contributed by atoms with van der Waals surface area (Å²) in [5, 5.41) is 19.6. The van der Waals surface area contributed by atoms with Crippen molar-refractivity contribution in [2.24, 2.45) is 0 Å². The van der Waals surface area contributed by atoms with Crippen LogP contribution in [0.4, 0.5) is 0 Å². The fourth-order valence-electron chi connectivity index (χ4n) is 2.83. The molecule has 0 aliphatic rings. The lowest BCUT2D eigenvalue weighted by molar-refractivity contribution is 0.253. The summed E-state index contributed by atoms with van der Waals surface area (Å²) in [6.07, 6.45) is 8.08. The van der Waals surface area contributed by atoms with Gasteiger partial charge in [-0.3, -0.25) is 0 Å². The average Bonchev–Trinajstić information content (AvgIpc) is 2.66. The van der Waals surface area contributed by atoms with Gasteiger partial charge in [-0.1, -0.05) is 39.0 Å². The van der Waals surface area contributed by atoms with Crippen LogP contribution < -0.4 is 15.1 Å². The fraction of sp³-hybridized carbons (Fsp3) is 0.571. The molecular formula is C21H30O6. The first-order valence-corrected chi connectivity index (χ1v) is 9.83. The normalized spacial score (nSPS) is 11.0. The van der Waals surface area contributed by atoms with Crippen molar-refractivity contribution >= 4 is 11.0 Å². The highest BCUT2D eigenvalue weighted by molar-refractivity contribution is 5.86. The molecule has 6 heteroatoms. The Labute approximate surface area is 159 Å². The van der Waals surface area contributed by atoms with Crippen LogP contribution in [0.15, 0.2) is 27.4 Å². The molecule has 150 valence electrons. The van der Waals surface area contributed by atoms with Crippen LogP contribution in [0.25, 0.3) is 11.0 Å². The van der Waals surface area contributed by atoms with Gasteiger partial charge in [-0.15, -0.1) is 0 Å². The maximum absolute atomic E-state index is 12.1. The Morgan fingerprint density at radius 1 is 0.963 bits per heavy atom. The Balaban J connectivity index is 1.97. The lowest BCUT2D eigenvalue weighted by Crippen LogP contribution is -2.08. The molecule has 27 heavy (non-hydrogen) atoms. The lowest BCUT2D eigenvalue weighted by atomic mass is 10.1. The Hall–Kier alpha value is -2.21. The zero-order chi connectivity index (χ0) is 19.5. The van der Waals surface area contributed by atoms with E-state index < -0.39 is 5.63 Å². The molecule has 0 spiro atoms. The molecular weight excluding hydrogens is 348 g/mol. The highest BCUT2D eigenvalue weighted by Crippen LogP contribution is 2.33. The van der Waals surface area contributed by atoms with Gasteiger partial charge < -0.3 is 24.1 Å². The van der Waals surface area contributed by atoms with Crippen molar-refractivity contribution in [3.63, 3.8) is 0 Å². The molecule has 0 saturated carbocycles. The number of rotatable bonds is 13. The number of fused-ring (bicyclic) bond motifs is 1. The van der Waals surface area contributed by atoms with Crippen molar-refractivity contribution in [3.05, 3.63) is 28.6 Å². The van der Waals surface area contributed by atoms with Crippen LogP contribution >= 0.6 is 0 Å². The Bertz CT molecular complexity index is 752. The molecule has 1 aromatic heterocycles. The Kier molecular flexibility index (Phi) is 8.98. The molecule has 2 N–H and O–H groups in total. The van der Waals surface area contributed by atoms with Gasteiger partial charge in [-0.25, -0.2) is 4.79 Å². The van der Waals surface area contributed by atoms with E-state index in [0.717, 1.165) is 25.7 Å². The molecule has 0 radical (unpaired) electrons. The van der Waals surface area contributed by atoms with Crippen LogP contribution in [-0.4, -0.2) is 30.0 Å². The zero-order valence-corrected chi connectivity index (χ0v) is 16.0. The van der Waals surface area contributed by atoms with Gasteiger partial charge in [0.05, 0.1) is 18.6 Å². The van der Waals surface area contributed by atoms with Crippen LogP contribution in [0.3, 0.4) is 0 Å². The molecule has 0 atom stereocenters. The van der Waals surface area contributed by atoms with Gasteiger partial charge in [0, 0.05) is 12.7 Å². The summed E-state index contributed by atoms with van der Waals surface area (Å²) in [5.74, 6) is 0.218. The average molecular weight is 378 g/mol. The number of unbranched alkanes of at least 4 members (excludes halogenated alkanes) is 6. The second-order valence-corrected chi connectivity index (χ2v) is 6.62. The summed E-state index contributed by atoms with van der Waals surface area (Å²) in [7, 11) is 0. The van der Waals surface area contributed by atoms with E-state index >= 15 is 0 Å². The molecule has 2 rings (SSSR count). The second kappa shape index (κ2) is 11.5. The Morgan fingerprint density at radius 2 is 1.67 bits per heavy atom. The van der Waals surface area contributed by atoms with E-state index in [1.165, 1.54) is 19.3 Å². The quantitative estimate of drug-likeness (QED) is 0.397. The molecule has 0 saturated heterocycles. The maximum atomic E-state index is 12.1. The first-order chi connectivity index (χ1) is 13.2. The monoisotopic (exact) mass is 378 g/mol. The maximum Gasteiger partial charge on any atom is 0.383 e. The van der Waals surface area contributed by atoms with Crippen LogP contribution in [-0.2, 0) is 0 Å². The summed E-state index contributed by atoms with van der Waals surface area (Å²) in [5.41, 5.74) is -0.438. The summed E-state index contributed by atoms with van der Waals surface area (Å²) in [6.45, 7) is 3.15. The second-order valence-electron chi connectivity index (χ2n) is 6.62. The van der Waals surface area contributed by atoms with Gasteiger partial charge in [0.2, 0.25) is 5.75 Å². The first-order valence-electron chi connectivity index (χ1n) is 9.83. The third-order valence-electron chi connectivity index (χ3n) is 4.38. The highest BCUT2D eigenvalue weighted by atomic mass is 16.5. The molecule has 0 unspecified atom stereocenters. The molecule has 1 aromatic carbocycles. The van der Waals surface area contributed by atoms with E-state index in [1.807, 2.05) is 0 Å². The van der Waals surface area contributed by atoms with Crippen molar-refractivity contribution in [3.8, 4) is 17.2 Å². The third kappa shape index (κ3) is 6.47. The number of aliphatic hydroxyl groups excluding tert-OH is 1. The van der Waals surface area contributed by atoms with E-state index in [1.54, 1.807) is 18.2 Å². The third-order valence-corrected chi connectivity index (χ3v) is 4.38. The van der Waals surface area contributed by atoms with Crippen molar-refractivity contribution < 1.29 is 24.1 Å². The lowest BCUT2D eigenvalue weighted by Gasteiger charge is -2.10. The van der Waals surface area contributed by atoms with Gasteiger partial charge in [0.25, 0.3) is 0 Å².